The van der Waals surface area contributed by atoms with E-state index in [0.29, 0.717) is 17.0 Å². The topological polar surface area (TPSA) is 81.7 Å². The first kappa shape index (κ1) is 19.6. The Hall–Kier alpha value is -3.15. The van der Waals surface area contributed by atoms with Crippen LogP contribution in [0.3, 0.4) is 0 Å². The number of Topliss-reactive ketones (excluding diaryl/α,β-unsaturated/α-hetero) is 1. The molecule has 6 nitrogen and oxygen atoms in total. The molecule has 2 aromatic carbocycles. The molecule has 0 atom stereocenters. The van der Waals surface area contributed by atoms with Gasteiger partial charge in [0, 0.05) is 12.0 Å². The van der Waals surface area contributed by atoms with Crippen LogP contribution in [0.2, 0.25) is 0 Å². The van der Waals surface area contributed by atoms with E-state index >= 15 is 0 Å². The number of ketones is 1. The van der Waals surface area contributed by atoms with Crippen LogP contribution in [0.15, 0.2) is 42.5 Å². The summed E-state index contributed by atoms with van der Waals surface area (Å²) in [5.74, 6) is -0.625. The van der Waals surface area contributed by atoms with Gasteiger partial charge in [-0.25, -0.2) is 0 Å². The third-order valence-electron chi connectivity index (χ3n) is 4.72. The van der Waals surface area contributed by atoms with Crippen molar-refractivity contribution in [2.75, 3.05) is 19.0 Å². The van der Waals surface area contributed by atoms with Gasteiger partial charge in [0.15, 0.2) is 12.4 Å². The highest BCUT2D eigenvalue weighted by Crippen LogP contribution is 2.24. The Morgan fingerprint density at radius 1 is 1.00 bits per heavy atom. The van der Waals surface area contributed by atoms with E-state index < -0.39 is 18.5 Å². The first-order valence-electron chi connectivity index (χ1n) is 9.30. The lowest BCUT2D eigenvalue weighted by Gasteiger charge is -2.10. The largest absolute Gasteiger partial charge is 0.495 e. The maximum Gasteiger partial charge on any atom is 0.306 e. The number of esters is 1. The molecule has 0 aliphatic heterocycles. The smallest absolute Gasteiger partial charge is 0.306 e. The Bertz CT molecular complexity index is 890. The lowest BCUT2D eigenvalue weighted by Crippen LogP contribution is -2.21. The van der Waals surface area contributed by atoms with Crippen molar-refractivity contribution in [3.8, 4) is 5.75 Å². The summed E-state index contributed by atoms with van der Waals surface area (Å²) in [6, 6.07) is 12.7. The van der Waals surface area contributed by atoms with Gasteiger partial charge in [0.25, 0.3) is 5.91 Å². The first-order chi connectivity index (χ1) is 13.6. The van der Waals surface area contributed by atoms with Crippen LogP contribution >= 0.6 is 0 Å². The molecule has 0 unspecified atom stereocenters. The number of aryl methyl sites for hydroxylation is 2. The molecule has 1 aliphatic carbocycles. The Labute approximate surface area is 163 Å². The second-order valence-electron chi connectivity index (χ2n) is 6.67. The minimum atomic E-state index is -0.579. The van der Waals surface area contributed by atoms with Gasteiger partial charge in [0.2, 0.25) is 0 Å². The molecule has 2 aromatic rings. The first-order valence-corrected chi connectivity index (χ1v) is 9.30. The highest BCUT2D eigenvalue weighted by atomic mass is 16.5. The number of carbonyl (C=O) groups excluding carboxylic acids is 3. The number of benzene rings is 2. The average molecular weight is 381 g/mol. The molecule has 28 heavy (non-hydrogen) atoms. The lowest BCUT2D eigenvalue weighted by molar-refractivity contribution is -0.147. The zero-order chi connectivity index (χ0) is 19.9. The molecule has 0 bridgehead atoms. The zero-order valence-corrected chi connectivity index (χ0v) is 15.8. The third-order valence-corrected chi connectivity index (χ3v) is 4.72. The van der Waals surface area contributed by atoms with Crippen LogP contribution in [0, 0.1) is 0 Å². The van der Waals surface area contributed by atoms with Gasteiger partial charge in [-0.15, -0.1) is 0 Å². The average Bonchev–Trinajstić information content (AvgIpc) is 3.18. The van der Waals surface area contributed by atoms with E-state index in [1.54, 1.807) is 24.3 Å². The summed E-state index contributed by atoms with van der Waals surface area (Å²) in [4.78, 5) is 36.1. The number of fused-ring (bicyclic) bond motifs is 1. The van der Waals surface area contributed by atoms with Crippen molar-refractivity contribution in [3.63, 3.8) is 0 Å². The summed E-state index contributed by atoms with van der Waals surface area (Å²) in [6.45, 7) is -0.413. The number of rotatable bonds is 8. The van der Waals surface area contributed by atoms with Crippen molar-refractivity contribution in [2.45, 2.75) is 32.1 Å². The van der Waals surface area contributed by atoms with Crippen molar-refractivity contribution >= 4 is 23.3 Å². The van der Waals surface area contributed by atoms with Gasteiger partial charge in [-0.05, 0) is 48.6 Å². The van der Waals surface area contributed by atoms with E-state index in [1.807, 2.05) is 18.2 Å². The predicted molar refractivity (Wildman–Crippen MR) is 105 cm³/mol. The number of nitrogens with one attached hydrogen (secondary N) is 1. The molecule has 3 rings (SSSR count). The number of methoxy groups -OCH3 is 1. The molecule has 1 amide bonds. The van der Waals surface area contributed by atoms with Gasteiger partial charge in [-0.3, -0.25) is 14.4 Å². The maximum atomic E-state index is 12.3. The minimum Gasteiger partial charge on any atom is -0.495 e. The monoisotopic (exact) mass is 381 g/mol. The van der Waals surface area contributed by atoms with Gasteiger partial charge in [0.1, 0.15) is 5.75 Å². The van der Waals surface area contributed by atoms with Gasteiger partial charge < -0.3 is 14.8 Å². The zero-order valence-electron chi connectivity index (χ0n) is 15.8. The van der Waals surface area contributed by atoms with Gasteiger partial charge >= 0.3 is 5.97 Å². The number of anilines is 1. The van der Waals surface area contributed by atoms with Crippen molar-refractivity contribution < 1.29 is 23.9 Å². The van der Waals surface area contributed by atoms with Gasteiger partial charge in [-0.1, -0.05) is 24.3 Å². The Morgan fingerprint density at radius 3 is 2.61 bits per heavy atom. The summed E-state index contributed by atoms with van der Waals surface area (Å²) < 4.78 is 10.1. The standard InChI is InChI=1S/C22H23NO5/c1-27-20-8-3-2-7-18(20)23-21(25)14-28-22(26)12-11-19(24)17-10-9-15-5-4-6-16(15)13-17/h2-3,7-10,13H,4-6,11-12,14H2,1H3,(H,23,25). The van der Waals surface area contributed by atoms with Crippen molar-refractivity contribution in [1.82, 2.24) is 0 Å². The summed E-state index contributed by atoms with van der Waals surface area (Å²) in [5, 5.41) is 2.62. The van der Waals surface area contributed by atoms with E-state index in [0.717, 1.165) is 19.3 Å². The molecule has 146 valence electrons. The van der Waals surface area contributed by atoms with Crippen LogP contribution in [-0.2, 0) is 27.2 Å². The van der Waals surface area contributed by atoms with Crippen LogP contribution in [0.4, 0.5) is 5.69 Å². The fourth-order valence-electron chi connectivity index (χ4n) is 3.26. The molecular formula is C22H23NO5. The lowest BCUT2D eigenvalue weighted by atomic mass is 10.0. The highest BCUT2D eigenvalue weighted by molar-refractivity contribution is 5.98. The van der Waals surface area contributed by atoms with E-state index in [2.05, 4.69) is 5.32 Å². The molecule has 0 saturated heterocycles. The summed E-state index contributed by atoms with van der Waals surface area (Å²) in [6.07, 6.45) is 3.19. The molecule has 0 fully saturated rings. The molecule has 0 radical (unpaired) electrons. The van der Waals surface area contributed by atoms with Crippen molar-refractivity contribution in [2.24, 2.45) is 0 Å². The minimum absolute atomic E-state index is 0.0577. The van der Waals surface area contributed by atoms with Crippen LogP contribution in [0.5, 0.6) is 5.75 Å². The predicted octanol–water partition coefficient (Wildman–Crippen LogP) is 3.33. The molecule has 0 aromatic heterocycles. The summed E-state index contributed by atoms with van der Waals surface area (Å²) in [5.41, 5.74) is 3.65. The van der Waals surface area contributed by atoms with E-state index in [1.165, 1.54) is 18.2 Å². The number of amides is 1. The molecule has 6 heteroatoms. The maximum absolute atomic E-state index is 12.3. The van der Waals surface area contributed by atoms with Gasteiger partial charge in [-0.2, -0.15) is 0 Å². The Morgan fingerprint density at radius 2 is 1.79 bits per heavy atom. The highest BCUT2D eigenvalue weighted by Gasteiger charge is 2.16. The van der Waals surface area contributed by atoms with Crippen molar-refractivity contribution in [1.29, 1.82) is 0 Å². The normalized spacial score (nSPS) is 12.2. The Kier molecular flexibility index (Phi) is 6.42. The third kappa shape index (κ3) is 4.97. The SMILES string of the molecule is COc1ccccc1NC(=O)COC(=O)CCC(=O)c1ccc2c(c1)CCC2. The second kappa shape index (κ2) is 9.17. The molecule has 1 N–H and O–H groups in total. The molecule has 0 heterocycles. The van der Waals surface area contributed by atoms with Crippen LogP contribution in [-0.4, -0.2) is 31.4 Å². The molecule has 0 spiro atoms. The van der Waals surface area contributed by atoms with Gasteiger partial charge in [0.05, 0.1) is 19.2 Å². The number of carbonyl (C=O) groups is 3. The fourth-order valence-corrected chi connectivity index (χ4v) is 3.26. The quantitative estimate of drug-likeness (QED) is 0.560. The van der Waals surface area contributed by atoms with Crippen LogP contribution < -0.4 is 10.1 Å². The van der Waals surface area contributed by atoms with E-state index in [-0.39, 0.29) is 18.6 Å². The summed E-state index contributed by atoms with van der Waals surface area (Å²) >= 11 is 0. The molecule has 1 aliphatic rings. The fraction of sp³-hybridized carbons (Fsp3) is 0.318. The molecule has 0 saturated carbocycles. The number of para-hydroxylation sites is 2. The number of hydrogen-bond donors (Lipinski definition) is 1. The van der Waals surface area contributed by atoms with E-state index in [4.69, 9.17) is 9.47 Å². The molecular weight excluding hydrogens is 358 g/mol. The second-order valence-corrected chi connectivity index (χ2v) is 6.67. The number of ether oxygens (including phenoxy) is 2. The number of hydrogen-bond acceptors (Lipinski definition) is 5. The van der Waals surface area contributed by atoms with Crippen molar-refractivity contribution in [3.05, 3.63) is 59.2 Å². The summed E-state index contributed by atoms with van der Waals surface area (Å²) in [7, 11) is 1.50. The van der Waals surface area contributed by atoms with Crippen LogP contribution in [0.1, 0.15) is 40.7 Å². The van der Waals surface area contributed by atoms with Crippen LogP contribution in [0.25, 0.3) is 0 Å². The van der Waals surface area contributed by atoms with E-state index in [9.17, 15) is 14.4 Å². The Balaban J connectivity index is 1.43.